The lowest BCUT2D eigenvalue weighted by Crippen LogP contribution is -2.57. The quantitative estimate of drug-likeness (QED) is 0.247. The van der Waals surface area contributed by atoms with Gasteiger partial charge in [-0.25, -0.2) is 4.39 Å². The van der Waals surface area contributed by atoms with Crippen LogP contribution < -0.4 is 20.7 Å². The van der Waals surface area contributed by atoms with Crippen molar-refractivity contribution >= 4 is 23.6 Å². The number of carbonyl (C=O) groups is 4. The van der Waals surface area contributed by atoms with Gasteiger partial charge in [-0.1, -0.05) is 68.4 Å². The van der Waals surface area contributed by atoms with Crippen molar-refractivity contribution < 1.29 is 28.3 Å². The summed E-state index contributed by atoms with van der Waals surface area (Å²) >= 11 is 0. The Kier molecular flexibility index (Phi) is 11.9. The summed E-state index contributed by atoms with van der Waals surface area (Å²) in [6, 6.07) is 20.8. The number of nitrogens with zero attached hydrogens (tertiary/aromatic N) is 2. The van der Waals surface area contributed by atoms with Gasteiger partial charge in [-0.05, 0) is 64.9 Å². The third-order valence-electron chi connectivity index (χ3n) is 8.36. The third-order valence-corrected chi connectivity index (χ3v) is 8.36. The maximum Gasteiger partial charge on any atom is 0.245 e. The Bertz CT molecular complexity index is 1790. The maximum atomic E-state index is 14.8. The summed E-state index contributed by atoms with van der Waals surface area (Å²) in [6.45, 7) is 4.13. The fourth-order valence-corrected chi connectivity index (χ4v) is 5.84. The van der Waals surface area contributed by atoms with Gasteiger partial charge in [0.2, 0.25) is 23.6 Å². The fourth-order valence-electron chi connectivity index (χ4n) is 5.84. The van der Waals surface area contributed by atoms with Crippen LogP contribution in [-0.4, -0.2) is 58.7 Å². The number of benzene rings is 3. The summed E-state index contributed by atoms with van der Waals surface area (Å²) in [4.78, 5) is 60.8. The number of hydrogen-bond donors (Lipinski definition) is 3. The predicted molar refractivity (Wildman–Crippen MR) is 186 cm³/mol. The van der Waals surface area contributed by atoms with Gasteiger partial charge in [-0.3, -0.25) is 24.2 Å². The lowest BCUT2D eigenvalue weighted by Gasteiger charge is -2.28. The number of likely N-dealkylation sites (N-methyl/N-ethyl adjacent to an activating group) is 1. The van der Waals surface area contributed by atoms with Gasteiger partial charge in [0, 0.05) is 38.8 Å². The highest BCUT2D eigenvalue weighted by molar-refractivity contribution is 5.94. The Labute approximate surface area is 291 Å². The molecule has 6 rings (SSSR count). The van der Waals surface area contributed by atoms with E-state index < -0.39 is 41.7 Å². The van der Waals surface area contributed by atoms with Crippen molar-refractivity contribution in [3.63, 3.8) is 0 Å². The number of hydrogen-bond acceptors (Lipinski definition) is 6. The lowest BCUT2D eigenvalue weighted by molar-refractivity contribution is -0.137. The molecule has 4 amide bonds. The first-order valence-corrected chi connectivity index (χ1v) is 16.7. The van der Waals surface area contributed by atoms with Crippen molar-refractivity contribution in [2.45, 2.75) is 64.2 Å². The minimum Gasteiger partial charge on any atom is -0.454 e. The number of rotatable bonds is 7. The number of nitrogens with one attached hydrogen (secondary N) is 3. The topological polar surface area (TPSA) is 130 Å². The normalized spacial score (nSPS) is 18.5. The van der Waals surface area contributed by atoms with Crippen LogP contribution in [0.3, 0.4) is 0 Å². The van der Waals surface area contributed by atoms with E-state index in [9.17, 15) is 23.6 Å². The number of ether oxygens (including phenoxy) is 1. The molecule has 3 aromatic carbocycles. The van der Waals surface area contributed by atoms with E-state index in [1.54, 1.807) is 49.8 Å². The van der Waals surface area contributed by atoms with Crippen molar-refractivity contribution in [3.05, 3.63) is 125 Å². The van der Waals surface area contributed by atoms with Gasteiger partial charge < -0.3 is 25.6 Å². The molecule has 0 radical (unpaired) electrons. The Balaban J connectivity index is 1.50. The van der Waals surface area contributed by atoms with E-state index in [0.29, 0.717) is 17.7 Å². The van der Waals surface area contributed by atoms with Crippen LogP contribution in [0.25, 0.3) is 0 Å². The molecule has 0 aliphatic carbocycles. The summed E-state index contributed by atoms with van der Waals surface area (Å²) in [7, 11) is 1.65. The van der Waals surface area contributed by atoms with E-state index in [1.165, 1.54) is 23.1 Å². The molecule has 0 spiro atoms. The fraction of sp³-hybridized carbons (Fsp3) is 0.308. The second-order valence-electron chi connectivity index (χ2n) is 13.0. The summed E-state index contributed by atoms with van der Waals surface area (Å²) in [5.74, 6) is -2.17. The first kappa shape index (κ1) is 35.7. The Hall–Kier alpha value is -5.58. The van der Waals surface area contributed by atoms with Crippen LogP contribution in [0.15, 0.2) is 97.3 Å². The van der Waals surface area contributed by atoms with Crippen LogP contribution in [0.2, 0.25) is 0 Å². The van der Waals surface area contributed by atoms with Crippen LogP contribution in [-0.2, 0) is 45.0 Å². The second-order valence-corrected chi connectivity index (χ2v) is 13.0. The van der Waals surface area contributed by atoms with E-state index >= 15 is 0 Å². The molecule has 3 atom stereocenters. The smallest absolute Gasteiger partial charge is 0.245 e. The van der Waals surface area contributed by atoms with Gasteiger partial charge in [0.1, 0.15) is 23.9 Å². The second kappa shape index (κ2) is 16.7. The number of carbonyl (C=O) groups excluding carboxylic acids is 4. The molecule has 0 unspecified atom stereocenters. The van der Waals surface area contributed by atoms with E-state index in [2.05, 4.69) is 20.9 Å². The molecule has 2 aliphatic rings. The van der Waals surface area contributed by atoms with Gasteiger partial charge in [0.15, 0.2) is 11.6 Å². The molecular weight excluding hydrogens is 637 g/mol. The molecule has 3 N–H and O–H groups in total. The highest BCUT2D eigenvalue weighted by Crippen LogP contribution is 2.27. The number of fused-ring (bicyclic) bond motifs is 12. The number of halogens is 1. The van der Waals surface area contributed by atoms with E-state index in [4.69, 9.17) is 4.74 Å². The van der Waals surface area contributed by atoms with Crippen molar-refractivity contribution in [1.82, 2.24) is 25.8 Å². The minimum atomic E-state index is -1.02. The van der Waals surface area contributed by atoms with Crippen molar-refractivity contribution in [1.29, 1.82) is 0 Å². The average Bonchev–Trinajstić information content (AvgIpc) is 3.09. The molecule has 50 heavy (non-hydrogen) atoms. The Morgan fingerprint density at radius 2 is 1.58 bits per heavy atom. The van der Waals surface area contributed by atoms with E-state index in [-0.39, 0.29) is 43.4 Å². The molecule has 0 saturated heterocycles. The summed E-state index contributed by atoms with van der Waals surface area (Å²) in [5, 5.41) is 8.61. The molecule has 3 heterocycles. The van der Waals surface area contributed by atoms with Gasteiger partial charge in [0.25, 0.3) is 0 Å². The average molecular weight is 680 g/mol. The molecule has 11 heteroatoms. The zero-order valence-corrected chi connectivity index (χ0v) is 28.4. The first-order chi connectivity index (χ1) is 24.0. The largest absolute Gasteiger partial charge is 0.454 e. The molecule has 10 nitrogen and oxygen atoms in total. The van der Waals surface area contributed by atoms with Gasteiger partial charge in [-0.2, -0.15) is 0 Å². The number of pyridine rings is 1. The van der Waals surface area contributed by atoms with Gasteiger partial charge in [0.05, 0.1) is 6.42 Å². The number of amides is 4. The van der Waals surface area contributed by atoms with Crippen LogP contribution in [0.4, 0.5) is 4.39 Å². The molecule has 0 saturated carbocycles. The summed E-state index contributed by atoms with van der Waals surface area (Å²) in [6.07, 6.45) is 3.78. The molecule has 2 aliphatic heterocycles. The highest BCUT2D eigenvalue weighted by atomic mass is 19.1. The molecule has 260 valence electrons. The standard InChI is InChI=1S/C39H42FN5O5/c1-25(2)18-32-37(47)44-34(39(49)45(3)24-29-10-7-17-41-23-29)20-27-11-14-30(15-12-27)50-35-21-28(13-16-31(35)40)22-36(46)42-33(38(48)43-32)19-26-8-5-4-6-9-26/h4-17,21,23,25,32-34H,18-20,22,24H2,1-3H3,(H,42,46)(H,43,48)(H,44,47)/t32-,33+,34+/m0/s1. The van der Waals surface area contributed by atoms with Crippen LogP contribution >= 0.6 is 0 Å². The molecule has 1 aromatic heterocycles. The van der Waals surface area contributed by atoms with Gasteiger partial charge >= 0.3 is 0 Å². The van der Waals surface area contributed by atoms with Gasteiger partial charge in [-0.15, -0.1) is 0 Å². The van der Waals surface area contributed by atoms with Crippen molar-refractivity contribution in [3.8, 4) is 11.5 Å². The third kappa shape index (κ3) is 9.97. The summed E-state index contributed by atoms with van der Waals surface area (Å²) in [5.41, 5.74) is 2.83. The van der Waals surface area contributed by atoms with Crippen molar-refractivity contribution in [2.24, 2.45) is 5.92 Å². The zero-order valence-electron chi connectivity index (χ0n) is 28.4. The van der Waals surface area contributed by atoms with Crippen LogP contribution in [0.1, 0.15) is 42.5 Å². The minimum absolute atomic E-state index is 0.0115. The van der Waals surface area contributed by atoms with E-state index in [0.717, 1.165) is 16.7 Å². The van der Waals surface area contributed by atoms with E-state index in [1.807, 2.05) is 50.2 Å². The lowest BCUT2D eigenvalue weighted by atomic mass is 9.99. The zero-order chi connectivity index (χ0) is 35.6. The monoisotopic (exact) mass is 679 g/mol. The molecular formula is C39H42FN5O5. The van der Waals surface area contributed by atoms with Crippen molar-refractivity contribution in [2.75, 3.05) is 7.05 Å². The molecule has 4 bridgehead atoms. The predicted octanol–water partition coefficient (Wildman–Crippen LogP) is 4.51. The first-order valence-electron chi connectivity index (χ1n) is 16.7. The molecule has 0 fully saturated rings. The Morgan fingerprint density at radius 1 is 0.880 bits per heavy atom. The number of aromatic nitrogens is 1. The molecule has 4 aromatic rings. The van der Waals surface area contributed by atoms with Crippen LogP contribution in [0, 0.1) is 11.7 Å². The highest BCUT2D eigenvalue weighted by Gasteiger charge is 2.32. The van der Waals surface area contributed by atoms with Crippen LogP contribution in [0.5, 0.6) is 11.5 Å². The maximum absolute atomic E-state index is 14.8. The SMILES string of the molecule is CC(C)C[C@@H]1NC(=O)[C@@H](Cc2ccccc2)NC(=O)Cc2ccc(F)c(c2)Oc2ccc(cc2)C[C@H](C(=O)N(C)Cc2cccnc2)NC1=O. The Morgan fingerprint density at radius 3 is 2.28 bits per heavy atom. The summed E-state index contributed by atoms with van der Waals surface area (Å²) < 4.78 is 20.7.